The van der Waals surface area contributed by atoms with Gasteiger partial charge >= 0.3 is 0 Å². The predicted molar refractivity (Wildman–Crippen MR) is 62.2 cm³/mol. The van der Waals surface area contributed by atoms with E-state index in [0.717, 1.165) is 23.5 Å². The van der Waals surface area contributed by atoms with Gasteiger partial charge in [0, 0.05) is 11.9 Å². The molecule has 74 valence electrons. The number of allylic oxidation sites excluding steroid dienone is 1. The first kappa shape index (κ1) is 8.48. The largest absolute Gasteiger partial charge is 0.379 e. The molecule has 1 aliphatic rings. The van der Waals surface area contributed by atoms with Crippen LogP contribution in [0.2, 0.25) is 0 Å². The number of pyridine rings is 1. The third kappa shape index (κ3) is 1.22. The van der Waals surface area contributed by atoms with E-state index in [1.165, 1.54) is 10.9 Å². The van der Waals surface area contributed by atoms with Gasteiger partial charge in [0.15, 0.2) is 0 Å². The second-order valence-corrected chi connectivity index (χ2v) is 3.74. The summed E-state index contributed by atoms with van der Waals surface area (Å²) in [7, 11) is 0. The predicted octanol–water partition coefficient (Wildman–Crippen LogP) is 2.70. The van der Waals surface area contributed by atoms with Crippen LogP contribution in [-0.2, 0) is 6.54 Å². The number of hydrogen-bond acceptors (Lipinski definition) is 2. The van der Waals surface area contributed by atoms with Gasteiger partial charge in [-0.2, -0.15) is 0 Å². The third-order valence-corrected chi connectivity index (χ3v) is 2.82. The first-order chi connectivity index (χ1) is 7.38. The molecule has 0 atom stereocenters. The van der Waals surface area contributed by atoms with Crippen molar-refractivity contribution in [2.75, 3.05) is 0 Å². The molecule has 2 heteroatoms. The molecule has 0 aliphatic carbocycles. The van der Waals surface area contributed by atoms with E-state index in [1.54, 1.807) is 0 Å². The number of nitrogens with one attached hydrogen (secondary N) is 1. The molecule has 3 rings (SSSR count). The zero-order chi connectivity index (χ0) is 10.3. The Hall–Kier alpha value is -1.83. The van der Waals surface area contributed by atoms with Crippen LogP contribution >= 0.6 is 0 Å². The monoisotopic (exact) mass is 196 g/mol. The Kier molecular flexibility index (Phi) is 1.75. The summed E-state index contributed by atoms with van der Waals surface area (Å²) in [6, 6.07) is 10.5. The van der Waals surface area contributed by atoms with E-state index in [0.29, 0.717) is 0 Å². The molecule has 2 nitrogen and oxygen atoms in total. The second kappa shape index (κ2) is 3.09. The third-order valence-electron chi connectivity index (χ3n) is 2.82. The van der Waals surface area contributed by atoms with E-state index in [-0.39, 0.29) is 0 Å². The van der Waals surface area contributed by atoms with Gasteiger partial charge in [-0.3, -0.25) is 0 Å². The van der Waals surface area contributed by atoms with Gasteiger partial charge in [-0.25, -0.2) is 4.98 Å². The van der Waals surface area contributed by atoms with Crippen molar-refractivity contribution in [3.05, 3.63) is 47.7 Å². The Bertz CT molecular complexity index is 555. The van der Waals surface area contributed by atoms with Gasteiger partial charge in [0.2, 0.25) is 0 Å². The Morgan fingerprint density at radius 3 is 3.07 bits per heavy atom. The molecule has 1 aliphatic heterocycles. The van der Waals surface area contributed by atoms with E-state index in [9.17, 15) is 0 Å². The lowest BCUT2D eigenvalue weighted by molar-refractivity contribution is 0.944. The highest BCUT2D eigenvalue weighted by atomic mass is 15.0. The minimum atomic E-state index is 0.896. The fourth-order valence-corrected chi connectivity index (χ4v) is 2.04. The van der Waals surface area contributed by atoms with Crippen molar-refractivity contribution in [3.8, 4) is 0 Å². The molecule has 0 radical (unpaired) electrons. The molecular weight excluding hydrogens is 184 g/mol. The number of nitrogens with zero attached hydrogens (tertiary/aromatic N) is 1. The summed E-state index contributed by atoms with van der Waals surface area (Å²) in [4.78, 5) is 4.68. The van der Waals surface area contributed by atoms with Gasteiger partial charge in [0.05, 0.1) is 16.9 Å². The van der Waals surface area contributed by atoms with Crippen molar-refractivity contribution in [2.24, 2.45) is 0 Å². The summed E-state index contributed by atoms with van der Waals surface area (Å²) in [5.41, 5.74) is 4.62. The molecule has 0 spiro atoms. The number of benzene rings is 1. The first-order valence-corrected chi connectivity index (χ1v) is 5.18. The Morgan fingerprint density at radius 2 is 2.20 bits per heavy atom. The van der Waals surface area contributed by atoms with Gasteiger partial charge in [-0.05, 0) is 24.6 Å². The van der Waals surface area contributed by atoms with E-state index in [2.05, 4.69) is 40.6 Å². The zero-order valence-electron chi connectivity index (χ0n) is 8.62. The van der Waals surface area contributed by atoms with Gasteiger partial charge < -0.3 is 5.32 Å². The molecule has 1 aromatic heterocycles. The lowest BCUT2D eigenvalue weighted by Gasteiger charge is -2.01. The average Bonchev–Trinajstić information content (AvgIpc) is 2.68. The average molecular weight is 196 g/mol. The van der Waals surface area contributed by atoms with Crippen LogP contribution < -0.4 is 5.32 Å². The van der Waals surface area contributed by atoms with Crippen molar-refractivity contribution in [1.29, 1.82) is 0 Å². The number of para-hydroxylation sites is 1. The summed E-state index contributed by atoms with van der Waals surface area (Å²) in [6.45, 7) is 2.93. The van der Waals surface area contributed by atoms with Crippen molar-refractivity contribution < 1.29 is 0 Å². The number of fused-ring (bicyclic) bond motifs is 2. The Morgan fingerprint density at radius 1 is 1.33 bits per heavy atom. The second-order valence-electron chi connectivity index (χ2n) is 3.74. The Balaban J connectivity index is 2.33. The van der Waals surface area contributed by atoms with Gasteiger partial charge in [-0.15, -0.1) is 0 Å². The molecule has 0 saturated heterocycles. The number of rotatable bonds is 0. The lowest BCUT2D eigenvalue weighted by atomic mass is 10.1. The zero-order valence-corrected chi connectivity index (χ0v) is 8.62. The van der Waals surface area contributed by atoms with Crippen LogP contribution in [0.15, 0.2) is 36.4 Å². The van der Waals surface area contributed by atoms with Gasteiger partial charge in [0.1, 0.15) is 0 Å². The van der Waals surface area contributed by atoms with E-state index < -0.39 is 0 Å². The maximum Gasteiger partial charge on any atom is 0.0915 e. The fourth-order valence-electron chi connectivity index (χ4n) is 2.04. The van der Waals surface area contributed by atoms with E-state index in [1.807, 2.05) is 13.0 Å². The normalized spacial score (nSPS) is 16.7. The molecular formula is C13H12N2. The molecule has 2 heterocycles. The van der Waals surface area contributed by atoms with Crippen molar-refractivity contribution in [2.45, 2.75) is 13.5 Å². The van der Waals surface area contributed by atoms with Crippen LogP contribution in [0, 0.1) is 0 Å². The molecule has 0 saturated carbocycles. The van der Waals surface area contributed by atoms with Crippen LogP contribution in [0.5, 0.6) is 0 Å². The van der Waals surface area contributed by atoms with Crippen LogP contribution in [0.3, 0.4) is 0 Å². The van der Waals surface area contributed by atoms with Crippen molar-refractivity contribution in [1.82, 2.24) is 10.3 Å². The van der Waals surface area contributed by atoms with Crippen LogP contribution in [0.4, 0.5) is 0 Å². The molecule has 0 amide bonds. The van der Waals surface area contributed by atoms with Gasteiger partial charge in [-0.1, -0.05) is 24.3 Å². The summed E-state index contributed by atoms with van der Waals surface area (Å²) >= 11 is 0. The molecule has 15 heavy (non-hydrogen) atoms. The molecule has 1 aromatic carbocycles. The minimum Gasteiger partial charge on any atom is -0.379 e. The quantitative estimate of drug-likeness (QED) is 0.700. The molecule has 0 unspecified atom stereocenters. The Labute approximate surface area is 88.6 Å². The SMILES string of the molecule is C/C=C1\NCc2cc3ccccc3nc21. The maximum atomic E-state index is 4.68. The highest BCUT2D eigenvalue weighted by Gasteiger charge is 2.16. The molecule has 0 bridgehead atoms. The van der Waals surface area contributed by atoms with Crippen LogP contribution in [-0.4, -0.2) is 4.98 Å². The number of hydrogen-bond donors (Lipinski definition) is 1. The summed E-state index contributed by atoms with van der Waals surface area (Å²) in [6.07, 6.45) is 2.08. The lowest BCUT2D eigenvalue weighted by Crippen LogP contribution is -1.99. The van der Waals surface area contributed by atoms with Crippen molar-refractivity contribution in [3.63, 3.8) is 0 Å². The first-order valence-electron chi connectivity index (χ1n) is 5.18. The minimum absolute atomic E-state index is 0.896. The topological polar surface area (TPSA) is 24.9 Å². The van der Waals surface area contributed by atoms with Crippen LogP contribution in [0.25, 0.3) is 16.6 Å². The number of aromatic nitrogens is 1. The van der Waals surface area contributed by atoms with Gasteiger partial charge in [0.25, 0.3) is 0 Å². The van der Waals surface area contributed by atoms with E-state index >= 15 is 0 Å². The van der Waals surface area contributed by atoms with Crippen molar-refractivity contribution >= 4 is 16.6 Å². The standard InChI is InChI=1S/C13H12N2/c1-2-11-13-10(8-14-11)7-9-5-3-4-6-12(9)15-13/h2-7,14H,8H2,1H3/b11-2-. The van der Waals surface area contributed by atoms with E-state index in [4.69, 9.17) is 0 Å². The van der Waals surface area contributed by atoms with Crippen LogP contribution in [0.1, 0.15) is 18.2 Å². The highest BCUT2D eigenvalue weighted by Crippen LogP contribution is 2.25. The smallest absolute Gasteiger partial charge is 0.0915 e. The fraction of sp³-hybridized carbons (Fsp3) is 0.154. The summed E-state index contributed by atoms with van der Waals surface area (Å²) < 4.78 is 0. The summed E-state index contributed by atoms with van der Waals surface area (Å²) in [5, 5.41) is 4.56. The molecule has 2 aromatic rings. The molecule has 1 N–H and O–H groups in total. The maximum absolute atomic E-state index is 4.68. The molecule has 0 fully saturated rings. The summed E-state index contributed by atoms with van der Waals surface area (Å²) in [5.74, 6) is 0. The highest BCUT2D eigenvalue weighted by molar-refractivity contribution is 5.83.